The molecular weight excluding hydrogens is 517 g/mol. The lowest BCUT2D eigenvalue weighted by atomic mass is 10.1. The summed E-state index contributed by atoms with van der Waals surface area (Å²) in [7, 11) is 5.12. The van der Waals surface area contributed by atoms with Crippen LogP contribution < -0.4 is 20.1 Å². The summed E-state index contributed by atoms with van der Waals surface area (Å²) in [6.45, 7) is 5.42. The maximum atomic E-state index is 5.46. The molecule has 0 saturated carbocycles. The molecule has 0 saturated heterocycles. The van der Waals surface area contributed by atoms with Gasteiger partial charge in [-0.2, -0.15) is 5.10 Å². The lowest BCUT2D eigenvalue weighted by molar-refractivity contribution is 0.398. The first kappa shape index (κ1) is 25.5. The Bertz CT molecular complexity index is 1050. The first-order valence-electron chi connectivity index (χ1n) is 10.3. The standard InChI is InChI=1S/C24H31N5O2.HI/c1-17-14-18(2)29(28-17)22-9-7-6-8-20(22)16-27-24(25-3)26-13-12-19-15-21(30-4)10-11-23(19)31-5;/h6-11,14-15H,12-13,16H2,1-5H3,(H2,25,26,27);1H. The zero-order valence-electron chi connectivity index (χ0n) is 19.3. The molecule has 0 radical (unpaired) electrons. The van der Waals surface area contributed by atoms with E-state index in [-0.39, 0.29) is 24.0 Å². The highest BCUT2D eigenvalue weighted by molar-refractivity contribution is 14.0. The molecule has 0 amide bonds. The van der Waals surface area contributed by atoms with Crippen LogP contribution in [0.15, 0.2) is 53.5 Å². The largest absolute Gasteiger partial charge is 0.497 e. The van der Waals surface area contributed by atoms with E-state index in [1.807, 2.05) is 41.9 Å². The van der Waals surface area contributed by atoms with Gasteiger partial charge in [0.15, 0.2) is 5.96 Å². The molecule has 0 aliphatic rings. The van der Waals surface area contributed by atoms with Gasteiger partial charge in [0.05, 0.1) is 25.6 Å². The Morgan fingerprint density at radius 1 is 1.00 bits per heavy atom. The molecule has 3 rings (SSSR count). The molecule has 0 spiro atoms. The monoisotopic (exact) mass is 549 g/mol. The number of halogens is 1. The van der Waals surface area contributed by atoms with E-state index in [4.69, 9.17) is 9.47 Å². The zero-order valence-corrected chi connectivity index (χ0v) is 21.6. The minimum absolute atomic E-state index is 0. The molecule has 1 heterocycles. The van der Waals surface area contributed by atoms with Crippen LogP contribution in [-0.2, 0) is 13.0 Å². The van der Waals surface area contributed by atoms with Crippen molar-refractivity contribution in [2.75, 3.05) is 27.8 Å². The predicted octanol–water partition coefficient (Wildman–Crippen LogP) is 4.03. The van der Waals surface area contributed by atoms with Crippen molar-refractivity contribution in [2.45, 2.75) is 26.8 Å². The number of aromatic nitrogens is 2. The SMILES string of the molecule is CN=C(NCCc1cc(OC)ccc1OC)NCc1ccccc1-n1nc(C)cc1C.I. The van der Waals surface area contributed by atoms with Crippen LogP contribution >= 0.6 is 24.0 Å². The number of nitrogens with one attached hydrogen (secondary N) is 2. The molecule has 1 aromatic heterocycles. The van der Waals surface area contributed by atoms with Crippen LogP contribution in [0, 0.1) is 13.8 Å². The minimum Gasteiger partial charge on any atom is -0.497 e. The van der Waals surface area contributed by atoms with Gasteiger partial charge >= 0.3 is 0 Å². The average molecular weight is 549 g/mol. The Hall–Kier alpha value is -2.75. The van der Waals surface area contributed by atoms with Gasteiger partial charge in [0.2, 0.25) is 0 Å². The lowest BCUT2D eigenvalue weighted by Gasteiger charge is -2.16. The fraction of sp³-hybridized carbons (Fsp3) is 0.333. The first-order chi connectivity index (χ1) is 15.0. The van der Waals surface area contributed by atoms with Gasteiger partial charge in [-0.1, -0.05) is 18.2 Å². The summed E-state index contributed by atoms with van der Waals surface area (Å²) in [4.78, 5) is 4.35. The van der Waals surface area contributed by atoms with Gasteiger partial charge in [0.25, 0.3) is 0 Å². The smallest absolute Gasteiger partial charge is 0.191 e. The number of nitrogens with zero attached hydrogens (tertiary/aromatic N) is 3. The number of hydrogen-bond donors (Lipinski definition) is 2. The maximum Gasteiger partial charge on any atom is 0.191 e. The van der Waals surface area contributed by atoms with Gasteiger partial charge in [-0.15, -0.1) is 24.0 Å². The van der Waals surface area contributed by atoms with Crippen LogP contribution in [0.5, 0.6) is 11.5 Å². The predicted molar refractivity (Wildman–Crippen MR) is 140 cm³/mol. The summed E-state index contributed by atoms with van der Waals surface area (Å²) in [6.07, 6.45) is 0.781. The zero-order chi connectivity index (χ0) is 22.2. The van der Waals surface area contributed by atoms with E-state index in [0.29, 0.717) is 13.1 Å². The molecule has 8 heteroatoms. The number of benzene rings is 2. The number of para-hydroxylation sites is 1. The second-order valence-corrected chi connectivity index (χ2v) is 7.25. The highest BCUT2D eigenvalue weighted by Crippen LogP contribution is 2.24. The number of ether oxygens (including phenoxy) is 2. The van der Waals surface area contributed by atoms with Gasteiger partial charge in [-0.05, 0) is 61.7 Å². The van der Waals surface area contributed by atoms with Crippen molar-refractivity contribution in [2.24, 2.45) is 4.99 Å². The minimum atomic E-state index is 0. The summed E-state index contributed by atoms with van der Waals surface area (Å²) < 4.78 is 12.8. The number of methoxy groups -OCH3 is 2. The first-order valence-corrected chi connectivity index (χ1v) is 10.3. The lowest BCUT2D eigenvalue weighted by Crippen LogP contribution is -2.38. The second kappa shape index (κ2) is 12.3. The van der Waals surface area contributed by atoms with Gasteiger partial charge in [-0.25, -0.2) is 4.68 Å². The van der Waals surface area contributed by atoms with E-state index in [1.165, 1.54) is 0 Å². The maximum absolute atomic E-state index is 5.46. The summed E-state index contributed by atoms with van der Waals surface area (Å²) in [5.74, 6) is 2.41. The summed E-state index contributed by atoms with van der Waals surface area (Å²) in [5, 5.41) is 11.4. The summed E-state index contributed by atoms with van der Waals surface area (Å²) >= 11 is 0. The van der Waals surface area contributed by atoms with Crippen LogP contribution in [0.4, 0.5) is 0 Å². The van der Waals surface area contributed by atoms with Crippen molar-refractivity contribution in [3.63, 3.8) is 0 Å². The van der Waals surface area contributed by atoms with Crippen molar-refractivity contribution in [1.82, 2.24) is 20.4 Å². The quantitative estimate of drug-likeness (QED) is 0.252. The molecule has 0 fully saturated rings. The molecule has 172 valence electrons. The average Bonchev–Trinajstić information content (AvgIpc) is 3.13. The topological polar surface area (TPSA) is 72.7 Å². The number of guanidine groups is 1. The number of hydrogen-bond acceptors (Lipinski definition) is 4. The molecule has 7 nitrogen and oxygen atoms in total. The van der Waals surface area contributed by atoms with E-state index < -0.39 is 0 Å². The van der Waals surface area contributed by atoms with Gasteiger partial charge < -0.3 is 20.1 Å². The van der Waals surface area contributed by atoms with Crippen LogP contribution in [-0.4, -0.2) is 43.6 Å². The molecule has 2 N–H and O–H groups in total. The normalized spacial score (nSPS) is 11.0. The Morgan fingerprint density at radius 3 is 2.44 bits per heavy atom. The Labute approximate surface area is 207 Å². The molecule has 0 bridgehead atoms. The molecule has 2 aromatic carbocycles. The highest BCUT2D eigenvalue weighted by atomic mass is 127. The van der Waals surface area contributed by atoms with E-state index in [0.717, 1.165) is 52.1 Å². The molecular formula is C24H32IN5O2. The van der Waals surface area contributed by atoms with Crippen molar-refractivity contribution in [3.8, 4) is 17.2 Å². The van der Waals surface area contributed by atoms with E-state index >= 15 is 0 Å². The molecule has 0 unspecified atom stereocenters. The summed E-state index contributed by atoms with van der Waals surface area (Å²) in [6, 6.07) is 16.2. The fourth-order valence-electron chi connectivity index (χ4n) is 3.53. The molecule has 0 aliphatic heterocycles. The van der Waals surface area contributed by atoms with E-state index in [9.17, 15) is 0 Å². The van der Waals surface area contributed by atoms with Gasteiger partial charge in [0.1, 0.15) is 11.5 Å². The third kappa shape index (κ3) is 6.38. The van der Waals surface area contributed by atoms with Crippen LogP contribution in [0.1, 0.15) is 22.5 Å². The van der Waals surface area contributed by atoms with Crippen molar-refractivity contribution < 1.29 is 9.47 Å². The number of aliphatic imine (C=N–C) groups is 1. The van der Waals surface area contributed by atoms with Crippen LogP contribution in [0.2, 0.25) is 0 Å². The third-order valence-electron chi connectivity index (χ3n) is 5.07. The Morgan fingerprint density at radius 2 is 1.78 bits per heavy atom. The second-order valence-electron chi connectivity index (χ2n) is 7.25. The molecule has 0 aliphatic carbocycles. The van der Waals surface area contributed by atoms with Crippen LogP contribution in [0.3, 0.4) is 0 Å². The Balaban J connectivity index is 0.00000363. The van der Waals surface area contributed by atoms with Crippen molar-refractivity contribution >= 4 is 29.9 Å². The number of rotatable bonds is 8. The highest BCUT2D eigenvalue weighted by Gasteiger charge is 2.10. The van der Waals surface area contributed by atoms with Gasteiger partial charge in [0, 0.05) is 25.8 Å². The van der Waals surface area contributed by atoms with Gasteiger partial charge in [-0.3, -0.25) is 4.99 Å². The fourth-order valence-corrected chi connectivity index (χ4v) is 3.53. The van der Waals surface area contributed by atoms with Crippen LogP contribution in [0.25, 0.3) is 5.69 Å². The molecule has 0 atom stereocenters. The molecule has 3 aromatic rings. The Kier molecular flexibility index (Phi) is 9.83. The van der Waals surface area contributed by atoms with E-state index in [2.05, 4.69) is 45.8 Å². The van der Waals surface area contributed by atoms with Crippen molar-refractivity contribution in [1.29, 1.82) is 0 Å². The molecule has 32 heavy (non-hydrogen) atoms. The number of aryl methyl sites for hydroxylation is 2. The third-order valence-corrected chi connectivity index (χ3v) is 5.07. The van der Waals surface area contributed by atoms with E-state index in [1.54, 1.807) is 21.3 Å². The summed E-state index contributed by atoms with van der Waals surface area (Å²) in [5.41, 5.74) is 5.41. The van der Waals surface area contributed by atoms with Crippen molar-refractivity contribution in [3.05, 3.63) is 71.0 Å².